The molecule has 1 aliphatic rings. The number of aryl methyl sites for hydroxylation is 2. The lowest BCUT2D eigenvalue weighted by Gasteiger charge is -2.28. The van der Waals surface area contributed by atoms with Crippen LogP contribution in [0.1, 0.15) is 42.9 Å². The van der Waals surface area contributed by atoms with E-state index in [-0.39, 0.29) is 23.6 Å². The van der Waals surface area contributed by atoms with E-state index in [1.807, 2.05) is 47.9 Å². The summed E-state index contributed by atoms with van der Waals surface area (Å²) >= 11 is 3.50. The molecule has 2 aromatic carbocycles. The van der Waals surface area contributed by atoms with E-state index in [2.05, 4.69) is 33.2 Å². The van der Waals surface area contributed by atoms with Crippen LogP contribution in [0.4, 0.5) is 5.69 Å². The van der Waals surface area contributed by atoms with E-state index in [0.29, 0.717) is 0 Å². The van der Waals surface area contributed by atoms with Gasteiger partial charge in [-0.05, 0) is 90.9 Å². The Morgan fingerprint density at radius 3 is 2.57 bits per heavy atom. The molecule has 1 saturated carbocycles. The maximum atomic E-state index is 12.7. The second-order valence-electron chi connectivity index (χ2n) is 7.73. The van der Waals surface area contributed by atoms with Crippen molar-refractivity contribution in [2.75, 3.05) is 5.32 Å². The van der Waals surface area contributed by atoms with Gasteiger partial charge in [-0.2, -0.15) is 0 Å². The van der Waals surface area contributed by atoms with Crippen molar-refractivity contribution >= 4 is 38.6 Å². The molecule has 0 spiro atoms. The van der Waals surface area contributed by atoms with Gasteiger partial charge in [0, 0.05) is 22.1 Å². The Hall–Kier alpha value is -2.34. The molecule has 0 radical (unpaired) electrons. The molecule has 0 unspecified atom stereocenters. The number of hydrogen-bond donors (Lipinski definition) is 2. The van der Waals surface area contributed by atoms with Gasteiger partial charge in [-0.15, -0.1) is 0 Å². The third-order valence-corrected chi connectivity index (χ3v) is 6.57. The third-order valence-electron chi connectivity index (χ3n) is 5.91. The van der Waals surface area contributed by atoms with Gasteiger partial charge in [-0.25, -0.2) is 4.79 Å². The maximum absolute atomic E-state index is 12.7. The highest BCUT2D eigenvalue weighted by Gasteiger charge is 2.29. The molecule has 0 atom stereocenters. The number of benzene rings is 2. The predicted octanol–water partition coefficient (Wildman–Crippen LogP) is 5.08. The van der Waals surface area contributed by atoms with Crippen molar-refractivity contribution in [3.8, 4) is 0 Å². The molecule has 0 saturated heterocycles. The van der Waals surface area contributed by atoms with Crippen LogP contribution in [0, 0.1) is 19.8 Å². The monoisotopic (exact) mass is 441 g/mol. The van der Waals surface area contributed by atoms with Crippen molar-refractivity contribution in [1.29, 1.82) is 0 Å². The second-order valence-corrected chi connectivity index (χ2v) is 8.58. The molecule has 1 amide bonds. The summed E-state index contributed by atoms with van der Waals surface area (Å²) in [4.78, 5) is 28.2. The maximum Gasteiger partial charge on any atom is 0.326 e. The van der Waals surface area contributed by atoms with Crippen LogP contribution in [-0.4, -0.2) is 15.5 Å². The first-order valence-corrected chi connectivity index (χ1v) is 10.5. The number of para-hydroxylation sites is 1. The van der Waals surface area contributed by atoms with Gasteiger partial charge in [0.05, 0.1) is 11.0 Å². The van der Waals surface area contributed by atoms with E-state index in [4.69, 9.17) is 0 Å². The highest BCUT2D eigenvalue weighted by atomic mass is 79.9. The van der Waals surface area contributed by atoms with E-state index in [1.54, 1.807) is 0 Å². The zero-order valence-corrected chi connectivity index (χ0v) is 17.7. The largest absolute Gasteiger partial charge is 0.326 e. The first-order chi connectivity index (χ1) is 13.4. The number of aromatic amines is 1. The minimum Gasteiger partial charge on any atom is -0.326 e. The average molecular weight is 442 g/mol. The average Bonchev–Trinajstić information content (AvgIpc) is 3.02. The van der Waals surface area contributed by atoms with Gasteiger partial charge in [0.15, 0.2) is 0 Å². The molecule has 6 heteroatoms. The van der Waals surface area contributed by atoms with Crippen LogP contribution in [0.3, 0.4) is 0 Å². The Morgan fingerprint density at radius 1 is 1.11 bits per heavy atom. The van der Waals surface area contributed by atoms with Gasteiger partial charge in [-0.3, -0.25) is 9.36 Å². The first-order valence-electron chi connectivity index (χ1n) is 9.71. The molecule has 1 aromatic heterocycles. The minimum absolute atomic E-state index is 0.00879. The number of amides is 1. The molecular formula is C22H24BrN3O2. The number of anilines is 1. The molecule has 2 N–H and O–H groups in total. The molecule has 3 aromatic rings. The van der Waals surface area contributed by atoms with Crippen LogP contribution in [0.2, 0.25) is 0 Å². The van der Waals surface area contributed by atoms with Gasteiger partial charge in [-0.1, -0.05) is 12.1 Å². The van der Waals surface area contributed by atoms with E-state index in [0.717, 1.165) is 46.9 Å². The second kappa shape index (κ2) is 7.59. The van der Waals surface area contributed by atoms with Crippen molar-refractivity contribution in [2.24, 2.45) is 5.92 Å². The molecule has 0 bridgehead atoms. The van der Waals surface area contributed by atoms with Crippen LogP contribution < -0.4 is 11.0 Å². The Kier molecular flexibility index (Phi) is 5.15. The van der Waals surface area contributed by atoms with E-state index in [9.17, 15) is 9.59 Å². The Morgan fingerprint density at radius 2 is 1.86 bits per heavy atom. The van der Waals surface area contributed by atoms with Crippen molar-refractivity contribution in [2.45, 2.75) is 45.6 Å². The van der Waals surface area contributed by atoms with E-state index in [1.165, 1.54) is 11.1 Å². The fourth-order valence-electron chi connectivity index (χ4n) is 4.14. The Balaban J connectivity index is 1.45. The summed E-state index contributed by atoms with van der Waals surface area (Å²) in [6.07, 6.45) is 3.22. The number of fused-ring (bicyclic) bond motifs is 1. The summed E-state index contributed by atoms with van der Waals surface area (Å²) in [5.74, 6) is 0.0706. The van der Waals surface area contributed by atoms with Gasteiger partial charge in [0.1, 0.15) is 0 Å². The molecule has 146 valence electrons. The van der Waals surface area contributed by atoms with Crippen molar-refractivity contribution in [1.82, 2.24) is 9.55 Å². The molecule has 1 heterocycles. The lowest BCUT2D eigenvalue weighted by molar-refractivity contribution is -0.121. The van der Waals surface area contributed by atoms with Crippen molar-refractivity contribution < 1.29 is 4.79 Å². The van der Waals surface area contributed by atoms with Crippen molar-refractivity contribution in [3.63, 3.8) is 0 Å². The number of halogens is 1. The van der Waals surface area contributed by atoms with Gasteiger partial charge < -0.3 is 10.3 Å². The minimum atomic E-state index is -0.0788. The number of carbonyl (C=O) groups excluding carboxylic acids is 1. The quantitative estimate of drug-likeness (QED) is 0.594. The summed E-state index contributed by atoms with van der Waals surface area (Å²) in [6.45, 7) is 4.11. The summed E-state index contributed by atoms with van der Waals surface area (Å²) < 4.78 is 2.75. The summed E-state index contributed by atoms with van der Waals surface area (Å²) in [5, 5.41) is 3.06. The zero-order valence-electron chi connectivity index (χ0n) is 16.1. The third kappa shape index (κ3) is 3.53. The molecule has 1 fully saturated rings. The van der Waals surface area contributed by atoms with Crippen LogP contribution in [0.25, 0.3) is 11.0 Å². The first kappa shape index (κ1) is 19.0. The number of rotatable bonds is 3. The smallest absolute Gasteiger partial charge is 0.326 e. The number of H-pyrrole nitrogens is 1. The number of nitrogens with zero attached hydrogens (tertiary/aromatic N) is 1. The summed E-state index contributed by atoms with van der Waals surface area (Å²) in [5.41, 5.74) is 4.92. The normalized spacial score (nSPS) is 19.7. The Bertz CT molecular complexity index is 1090. The standard InChI is InChI=1S/C22H24BrN3O2/c1-13-6-9-16(12-14(13)2)24-21(27)15-7-10-17(11-8-15)26-19-5-3-4-18(23)20(19)25-22(26)28/h3-6,9,12,15,17H,7-8,10-11H2,1-2H3,(H,24,27)(H,25,28)/t15-,17+. The van der Waals surface area contributed by atoms with Gasteiger partial charge in [0.25, 0.3) is 0 Å². The number of aromatic nitrogens is 2. The SMILES string of the molecule is Cc1ccc(NC(=O)[C@H]2CC[C@@H](n3c(=O)[nH]c4c(Br)cccc43)CC2)cc1C. The fraction of sp³-hybridized carbons (Fsp3) is 0.364. The number of hydrogen-bond acceptors (Lipinski definition) is 2. The Labute approximate surface area is 172 Å². The topological polar surface area (TPSA) is 66.9 Å². The number of carbonyl (C=O) groups is 1. The number of nitrogens with one attached hydrogen (secondary N) is 2. The molecule has 0 aliphatic heterocycles. The molecule has 1 aliphatic carbocycles. The van der Waals surface area contributed by atoms with Gasteiger partial charge in [0.2, 0.25) is 5.91 Å². The van der Waals surface area contributed by atoms with Crippen LogP contribution >= 0.6 is 15.9 Å². The predicted molar refractivity (Wildman–Crippen MR) is 116 cm³/mol. The zero-order chi connectivity index (χ0) is 19.8. The number of imidazole rings is 1. The molecular weight excluding hydrogens is 418 g/mol. The molecule has 4 rings (SSSR count). The summed E-state index contributed by atoms with van der Waals surface area (Å²) in [7, 11) is 0. The van der Waals surface area contributed by atoms with Gasteiger partial charge >= 0.3 is 5.69 Å². The van der Waals surface area contributed by atoms with Crippen molar-refractivity contribution in [3.05, 3.63) is 62.5 Å². The van der Waals surface area contributed by atoms with E-state index >= 15 is 0 Å². The molecule has 5 nitrogen and oxygen atoms in total. The lowest BCUT2D eigenvalue weighted by Crippen LogP contribution is -2.31. The van der Waals surface area contributed by atoms with E-state index < -0.39 is 0 Å². The fourth-order valence-corrected chi connectivity index (χ4v) is 4.59. The highest BCUT2D eigenvalue weighted by molar-refractivity contribution is 9.10. The van der Waals surface area contributed by atoms with Crippen LogP contribution in [-0.2, 0) is 4.79 Å². The molecule has 28 heavy (non-hydrogen) atoms. The van der Waals surface area contributed by atoms with Crippen LogP contribution in [0.15, 0.2) is 45.7 Å². The lowest BCUT2D eigenvalue weighted by atomic mass is 9.85. The van der Waals surface area contributed by atoms with Crippen LogP contribution in [0.5, 0.6) is 0 Å². The highest BCUT2D eigenvalue weighted by Crippen LogP contribution is 2.34. The summed E-state index contributed by atoms with van der Waals surface area (Å²) in [6, 6.07) is 12.0.